The molecule has 2 rings (SSSR count). The number of piperidine rings is 1. The van der Waals surface area contributed by atoms with Gasteiger partial charge in [-0.3, -0.25) is 0 Å². The van der Waals surface area contributed by atoms with Crippen LogP contribution in [0.25, 0.3) is 0 Å². The lowest BCUT2D eigenvalue weighted by molar-refractivity contribution is 0.0607. The minimum absolute atomic E-state index is 0.342. The summed E-state index contributed by atoms with van der Waals surface area (Å²) in [4.78, 5) is 14.2. The molecule has 0 atom stereocenters. The molecular weight excluding hydrogens is 224 g/mol. The van der Waals surface area contributed by atoms with Gasteiger partial charge in [0.15, 0.2) is 0 Å². The third-order valence-electron chi connectivity index (χ3n) is 2.79. The van der Waals surface area contributed by atoms with Crippen molar-refractivity contribution >= 4 is 28.0 Å². The van der Waals surface area contributed by atoms with E-state index in [2.05, 4.69) is 4.90 Å². The van der Waals surface area contributed by atoms with Crippen molar-refractivity contribution < 1.29 is 9.53 Å². The van der Waals surface area contributed by atoms with E-state index in [0.717, 1.165) is 18.1 Å². The van der Waals surface area contributed by atoms with Gasteiger partial charge in [-0.2, -0.15) is 0 Å². The number of carbonyl (C=O) groups is 1. The molecule has 2 N–H and O–H groups in total. The van der Waals surface area contributed by atoms with E-state index in [9.17, 15) is 4.79 Å². The zero-order chi connectivity index (χ0) is 11.5. The molecule has 1 aromatic heterocycles. The zero-order valence-electron chi connectivity index (χ0n) is 9.36. The van der Waals surface area contributed by atoms with Crippen LogP contribution in [0.5, 0.6) is 0 Å². The lowest BCUT2D eigenvalue weighted by Gasteiger charge is -2.26. The van der Waals surface area contributed by atoms with Gasteiger partial charge in [-0.15, -0.1) is 11.3 Å². The summed E-state index contributed by atoms with van der Waals surface area (Å²) < 4.78 is 4.69. The van der Waals surface area contributed by atoms with Crippen molar-refractivity contribution in [3.63, 3.8) is 0 Å². The number of esters is 1. The number of hydrogen-bond donors (Lipinski definition) is 1. The Morgan fingerprint density at radius 1 is 1.44 bits per heavy atom. The van der Waals surface area contributed by atoms with Crippen LogP contribution in [0.3, 0.4) is 0 Å². The van der Waals surface area contributed by atoms with Crippen LogP contribution in [-0.2, 0) is 4.74 Å². The van der Waals surface area contributed by atoms with E-state index >= 15 is 0 Å². The summed E-state index contributed by atoms with van der Waals surface area (Å²) in [7, 11) is 1.38. The summed E-state index contributed by atoms with van der Waals surface area (Å²) in [6.07, 6.45) is 3.72. The number of carbonyl (C=O) groups excluding carboxylic acids is 1. The number of nitrogen functional groups attached to an aromatic ring is 1. The molecule has 4 nitrogen and oxygen atoms in total. The van der Waals surface area contributed by atoms with Gasteiger partial charge >= 0.3 is 5.97 Å². The van der Waals surface area contributed by atoms with E-state index < -0.39 is 0 Å². The van der Waals surface area contributed by atoms with Crippen molar-refractivity contribution in [2.75, 3.05) is 30.8 Å². The van der Waals surface area contributed by atoms with Crippen molar-refractivity contribution in [1.29, 1.82) is 0 Å². The molecule has 5 heteroatoms. The number of thiophene rings is 1. The number of nitrogens with two attached hydrogens (primary N) is 1. The predicted octanol–water partition coefficient (Wildman–Crippen LogP) is 2.11. The maximum atomic E-state index is 11.4. The molecule has 0 aromatic carbocycles. The molecule has 88 valence electrons. The van der Waals surface area contributed by atoms with Gasteiger partial charge in [0, 0.05) is 13.1 Å². The maximum absolute atomic E-state index is 11.4. The summed E-state index contributed by atoms with van der Waals surface area (Å²) in [6, 6.07) is 1.88. The number of ether oxygens (including phenoxy) is 1. The number of anilines is 2. The molecule has 1 saturated heterocycles. The van der Waals surface area contributed by atoms with E-state index in [1.807, 2.05) is 6.07 Å². The molecule has 0 amide bonds. The van der Waals surface area contributed by atoms with Crippen molar-refractivity contribution in [2.24, 2.45) is 0 Å². The molecule has 1 aromatic rings. The van der Waals surface area contributed by atoms with E-state index in [1.165, 1.54) is 37.7 Å². The molecule has 0 unspecified atom stereocenters. The van der Waals surface area contributed by atoms with Gasteiger partial charge < -0.3 is 15.4 Å². The fraction of sp³-hybridized carbons (Fsp3) is 0.545. The number of hydrogen-bond acceptors (Lipinski definition) is 5. The predicted molar refractivity (Wildman–Crippen MR) is 66.1 cm³/mol. The summed E-state index contributed by atoms with van der Waals surface area (Å²) in [5, 5.41) is 1.08. The Balaban J connectivity index is 2.19. The van der Waals surface area contributed by atoms with Crippen LogP contribution < -0.4 is 10.6 Å². The molecule has 0 bridgehead atoms. The summed E-state index contributed by atoms with van der Waals surface area (Å²) in [6.45, 7) is 2.11. The lowest BCUT2D eigenvalue weighted by atomic mass is 10.1. The Morgan fingerprint density at radius 2 is 2.12 bits per heavy atom. The van der Waals surface area contributed by atoms with Gasteiger partial charge in [0.2, 0.25) is 0 Å². The number of methoxy groups -OCH3 is 1. The monoisotopic (exact) mass is 240 g/mol. The Morgan fingerprint density at radius 3 is 2.75 bits per heavy atom. The number of nitrogens with zero attached hydrogens (tertiary/aromatic N) is 1. The average molecular weight is 240 g/mol. The summed E-state index contributed by atoms with van der Waals surface area (Å²) in [5.74, 6) is -0.342. The third-order valence-corrected chi connectivity index (χ3v) is 3.98. The first-order valence-corrected chi connectivity index (χ1v) is 6.26. The molecule has 0 aliphatic carbocycles. The van der Waals surface area contributed by atoms with E-state index in [1.54, 1.807) is 0 Å². The van der Waals surface area contributed by atoms with Crippen LogP contribution in [0.15, 0.2) is 6.07 Å². The van der Waals surface area contributed by atoms with Crippen molar-refractivity contribution in [3.8, 4) is 0 Å². The Kier molecular flexibility index (Phi) is 3.33. The molecule has 16 heavy (non-hydrogen) atoms. The second kappa shape index (κ2) is 4.74. The SMILES string of the molecule is COC(=O)c1sc(N2CCCCC2)cc1N. The van der Waals surface area contributed by atoms with Crippen LogP contribution in [0, 0.1) is 0 Å². The molecule has 1 fully saturated rings. The second-order valence-electron chi connectivity index (χ2n) is 3.91. The molecule has 1 aliphatic heterocycles. The molecule has 2 heterocycles. The van der Waals surface area contributed by atoms with Gasteiger partial charge in [0.05, 0.1) is 17.8 Å². The average Bonchev–Trinajstić information content (AvgIpc) is 2.71. The van der Waals surface area contributed by atoms with Crippen molar-refractivity contribution in [3.05, 3.63) is 10.9 Å². The Hall–Kier alpha value is -1.23. The van der Waals surface area contributed by atoms with Crippen LogP contribution in [-0.4, -0.2) is 26.2 Å². The highest BCUT2D eigenvalue weighted by Crippen LogP contribution is 2.33. The van der Waals surface area contributed by atoms with Crippen LogP contribution in [0.2, 0.25) is 0 Å². The highest BCUT2D eigenvalue weighted by Gasteiger charge is 2.19. The van der Waals surface area contributed by atoms with E-state index in [-0.39, 0.29) is 5.97 Å². The maximum Gasteiger partial charge on any atom is 0.350 e. The first kappa shape index (κ1) is 11.3. The fourth-order valence-electron chi connectivity index (χ4n) is 1.91. The number of rotatable bonds is 2. The van der Waals surface area contributed by atoms with Crippen LogP contribution >= 0.6 is 11.3 Å². The quantitative estimate of drug-likeness (QED) is 0.804. The third kappa shape index (κ3) is 2.14. The first-order valence-electron chi connectivity index (χ1n) is 5.45. The highest BCUT2D eigenvalue weighted by molar-refractivity contribution is 7.18. The minimum atomic E-state index is -0.342. The van der Waals surface area contributed by atoms with Gasteiger partial charge in [-0.1, -0.05) is 0 Å². The standard InChI is InChI=1S/C11H16N2O2S/c1-15-11(14)10-8(12)7-9(16-10)13-5-3-2-4-6-13/h7H,2-6,12H2,1H3. The topological polar surface area (TPSA) is 55.6 Å². The lowest BCUT2D eigenvalue weighted by Crippen LogP contribution is -2.28. The van der Waals surface area contributed by atoms with E-state index in [4.69, 9.17) is 10.5 Å². The summed E-state index contributed by atoms with van der Waals surface area (Å²) in [5.41, 5.74) is 6.33. The largest absolute Gasteiger partial charge is 0.465 e. The van der Waals surface area contributed by atoms with Crippen molar-refractivity contribution in [1.82, 2.24) is 0 Å². The van der Waals surface area contributed by atoms with Crippen LogP contribution in [0.1, 0.15) is 28.9 Å². The molecule has 0 radical (unpaired) electrons. The Bertz CT molecular complexity index is 383. The molecular formula is C11H16N2O2S. The Labute approximate surface area is 99.0 Å². The van der Waals surface area contributed by atoms with Crippen LogP contribution in [0.4, 0.5) is 10.7 Å². The first-order chi connectivity index (χ1) is 7.72. The molecule has 0 saturated carbocycles. The zero-order valence-corrected chi connectivity index (χ0v) is 10.2. The van der Waals surface area contributed by atoms with Gasteiger partial charge in [0.1, 0.15) is 4.88 Å². The van der Waals surface area contributed by atoms with Crippen molar-refractivity contribution in [2.45, 2.75) is 19.3 Å². The van der Waals surface area contributed by atoms with E-state index in [0.29, 0.717) is 10.6 Å². The van der Waals surface area contributed by atoms with Gasteiger partial charge in [-0.25, -0.2) is 4.79 Å². The molecule has 0 spiro atoms. The smallest absolute Gasteiger partial charge is 0.350 e. The summed E-state index contributed by atoms with van der Waals surface area (Å²) >= 11 is 1.43. The van der Waals surface area contributed by atoms with Gasteiger partial charge in [0.25, 0.3) is 0 Å². The van der Waals surface area contributed by atoms with Gasteiger partial charge in [-0.05, 0) is 25.3 Å². The minimum Gasteiger partial charge on any atom is -0.465 e. The molecule has 1 aliphatic rings. The fourth-order valence-corrected chi connectivity index (χ4v) is 2.96. The second-order valence-corrected chi connectivity index (χ2v) is 4.94. The highest BCUT2D eigenvalue weighted by atomic mass is 32.1. The normalized spacial score (nSPS) is 16.2.